The molecule has 1 atom stereocenters. The fraction of sp³-hybridized carbons (Fsp3) is 0.417. The van der Waals surface area contributed by atoms with Crippen LogP contribution < -0.4 is 10.5 Å². The molecule has 1 aliphatic rings. The Morgan fingerprint density at radius 2 is 2.44 bits per heavy atom. The quantitative estimate of drug-likeness (QED) is 0.386. The molecule has 18 heavy (non-hydrogen) atoms. The molecule has 1 aromatic carbocycles. The van der Waals surface area contributed by atoms with Crippen molar-refractivity contribution in [1.29, 1.82) is 0 Å². The monoisotopic (exact) mass is 314 g/mol. The van der Waals surface area contributed by atoms with E-state index in [2.05, 4.69) is 21.1 Å². The zero-order valence-electron chi connectivity index (χ0n) is 9.80. The van der Waals surface area contributed by atoms with Crippen LogP contribution in [0.5, 0.6) is 5.75 Å². The number of oxime groups is 1. The van der Waals surface area contributed by atoms with Crippen molar-refractivity contribution >= 4 is 21.8 Å². The number of ether oxygens (including phenoxy) is 2. The number of nitrogens with zero attached hydrogens (tertiary/aromatic N) is 1. The molecule has 1 unspecified atom stereocenters. The number of hydrogen-bond donors (Lipinski definition) is 2. The highest BCUT2D eigenvalue weighted by atomic mass is 79.9. The third-order valence-electron chi connectivity index (χ3n) is 2.78. The molecule has 1 fully saturated rings. The van der Waals surface area contributed by atoms with Crippen LogP contribution in [0.1, 0.15) is 18.4 Å². The van der Waals surface area contributed by atoms with Crippen LogP contribution in [0.25, 0.3) is 0 Å². The van der Waals surface area contributed by atoms with Crippen LogP contribution in [-0.2, 0) is 4.74 Å². The summed E-state index contributed by atoms with van der Waals surface area (Å²) in [7, 11) is 0. The van der Waals surface area contributed by atoms with Gasteiger partial charge in [0.1, 0.15) is 12.4 Å². The molecule has 0 saturated carbocycles. The summed E-state index contributed by atoms with van der Waals surface area (Å²) < 4.78 is 11.8. The van der Waals surface area contributed by atoms with Crippen LogP contribution >= 0.6 is 15.9 Å². The molecule has 98 valence electrons. The fourth-order valence-electron chi connectivity index (χ4n) is 1.81. The molecule has 1 heterocycles. The zero-order chi connectivity index (χ0) is 13.0. The molecule has 0 spiro atoms. The average Bonchev–Trinajstić information content (AvgIpc) is 2.88. The Hall–Kier alpha value is -1.27. The molecule has 6 heteroatoms. The first-order valence-corrected chi connectivity index (χ1v) is 6.52. The van der Waals surface area contributed by atoms with Gasteiger partial charge in [0, 0.05) is 16.6 Å². The SMILES string of the molecule is N/C(=N/O)c1ccc(OCC2CCCO2)cc1Br. The van der Waals surface area contributed by atoms with Crippen LogP contribution in [0.4, 0.5) is 0 Å². The first kappa shape index (κ1) is 13.2. The van der Waals surface area contributed by atoms with E-state index in [1.54, 1.807) is 18.2 Å². The minimum Gasteiger partial charge on any atom is -0.491 e. The van der Waals surface area contributed by atoms with Crippen molar-refractivity contribution < 1.29 is 14.7 Å². The van der Waals surface area contributed by atoms with E-state index in [0.717, 1.165) is 29.7 Å². The van der Waals surface area contributed by atoms with Crippen LogP contribution in [0.15, 0.2) is 27.8 Å². The van der Waals surface area contributed by atoms with Crippen molar-refractivity contribution in [2.75, 3.05) is 13.2 Å². The highest BCUT2D eigenvalue weighted by Crippen LogP contribution is 2.24. The van der Waals surface area contributed by atoms with Gasteiger partial charge < -0.3 is 20.4 Å². The molecule has 1 aliphatic heterocycles. The molecule has 1 saturated heterocycles. The summed E-state index contributed by atoms with van der Waals surface area (Å²) in [5.41, 5.74) is 6.15. The van der Waals surface area contributed by atoms with E-state index < -0.39 is 0 Å². The highest BCUT2D eigenvalue weighted by molar-refractivity contribution is 9.10. The Balaban J connectivity index is 1.99. The van der Waals surface area contributed by atoms with E-state index in [4.69, 9.17) is 20.4 Å². The minimum atomic E-state index is 0.0625. The van der Waals surface area contributed by atoms with Crippen LogP contribution in [0.3, 0.4) is 0 Å². The minimum absolute atomic E-state index is 0.0625. The van der Waals surface area contributed by atoms with E-state index in [1.807, 2.05) is 0 Å². The number of hydrogen-bond acceptors (Lipinski definition) is 4. The Labute approximate surface area is 114 Å². The Morgan fingerprint density at radius 3 is 3.06 bits per heavy atom. The van der Waals surface area contributed by atoms with E-state index in [1.165, 1.54) is 0 Å². The lowest BCUT2D eigenvalue weighted by Gasteiger charge is -2.12. The lowest BCUT2D eigenvalue weighted by Crippen LogP contribution is -2.17. The van der Waals surface area contributed by atoms with Crippen LogP contribution in [0, 0.1) is 0 Å². The number of nitrogens with two attached hydrogens (primary N) is 1. The maximum Gasteiger partial charge on any atom is 0.171 e. The van der Waals surface area contributed by atoms with Gasteiger partial charge in [0.05, 0.1) is 6.10 Å². The van der Waals surface area contributed by atoms with Gasteiger partial charge in [-0.2, -0.15) is 0 Å². The smallest absolute Gasteiger partial charge is 0.171 e. The second kappa shape index (κ2) is 6.06. The number of halogens is 1. The Kier molecular flexibility index (Phi) is 4.43. The van der Waals surface area contributed by atoms with Gasteiger partial charge >= 0.3 is 0 Å². The second-order valence-corrected chi connectivity index (χ2v) is 4.93. The van der Waals surface area contributed by atoms with Gasteiger partial charge in [-0.25, -0.2) is 0 Å². The van der Waals surface area contributed by atoms with Crippen molar-refractivity contribution in [2.24, 2.45) is 10.9 Å². The molecular formula is C12H15BrN2O3. The summed E-state index contributed by atoms with van der Waals surface area (Å²) in [4.78, 5) is 0. The van der Waals surface area contributed by atoms with Gasteiger partial charge in [-0.05, 0) is 47.0 Å². The largest absolute Gasteiger partial charge is 0.491 e. The number of rotatable bonds is 4. The molecule has 0 amide bonds. The van der Waals surface area contributed by atoms with Gasteiger partial charge in [0.2, 0.25) is 0 Å². The summed E-state index contributed by atoms with van der Waals surface area (Å²) in [5.74, 6) is 0.791. The highest BCUT2D eigenvalue weighted by Gasteiger charge is 2.16. The third-order valence-corrected chi connectivity index (χ3v) is 3.44. The Bertz CT molecular complexity index is 445. The average molecular weight is 315 g/mol. The second-order valence-electron chi connectivity index (χ2n) is 4.07. The van der Waals surface area contributed by atoms with Crippen molar-refractivity contribution in [1.82, 2.24) is 0 Å². The van der Waals surface area contributed by atoms with Gasteiger partial charge in [-0.3, -0.25) is 0 Å². The lowest BCUT2D eigenvalue weighted by atomic mass is 10.2. The van der Waals surface area contributed by atoms with Crippen molar-refractivity contribution in [3.8, 4) is 5.75 Å². The summed E-state index contributed by atoms with van der Waals surface area (Å²) in [5, 5.41) is 11.6. The molecule has 1 aromatic rings. The van der Waals surface area contributed by atoms with E-state index in [0.29, 0.717) is 12.2 Å². The molecule has 0 aromatic heterocycles. The Morgan fingerprint density at radius 1 is 1.61 bits per heavy atom. The van der Waals surface area contributed by atoms with Gasteiger partial charge in [0.15, 0.2) is 5.84 Å². The molecular weight excluding hydrogens is 300 g/mol. The summed E-state index contributed by atoms with van der Waals surface area (Å²) >= 11 is 3.36. The normalized spacial score (nSPS) is 20.1. The summed E-state index contributed by atoms with van der Waals surface area (Å²) in [6.07, 6.45) is 2.33. The van der Waals surface area contributed by atoms with Crippen LogP contribution in [-0.4, -0.2) is 30.4 Å². The third kappa shape index (κ3) is 3.14. The molecule has 3 N–H and O–H groups in total. The summed E-state index contributed by atoms with van der Waals surface area (Å²) in [6, 6.07) is 5.32. The predicted octanol–water partition coefficient (Wildman–Crippen LogP) is 2.10. The first-order chi connectivity index (χ1) is 8.70. The standard InChI is InChI=1S/C12H15BrN2O3/c13-11-6-8(3-4-10(11)12(14)15-16)18-7-9-2-1-5-17-9/h3-4,6,9,16H,1-2,5,7H2,(H2,14,15). The van der Waals surface area contributed by atoms with E-state index in [9.17, 15) is 0 Å². The molecule has 0 bridgehead atoms. The zero-order valence-corrected chi connectivity index (χ0v) is 11.4. The van der Waals surface area contributed by atoms with Gasteiger partial charge in [0.25, 0.3) is 0 Å². The van der Waals surface area contributed by atoms with Crippen molar-refractivity contribution in [3.63, 3.8) is 0 Å². The summed E-state index contributed by atoms with van der Waals surface area (Å²) in [6.45, 7) is 1.37. The maximum atomic E-state index is 8.62. The first-order valence-electron chi connectivity index (χ1n) is 5.72. The molecule has 5 nitrogen and oxygen atoms in total. The lowest BCUT2D eigenvalue weighted by molar-refractivity contribution is 0.0679. The van der Waals surface area contributed by atoms with Crippen LogP contribution in [0.2, 0.25) is 0 Å². The van der Waals surface area contributed by atoms with E-state index in [-0.39, 0.29) is 11.9 Å². The molecule has 0 radical (unpaired) electrons. The fourth-order valence-corrected chi connectivity index (χ4v) is 2.37. The predicted molar refractivity (Wildman–Crippen MR) is 71.1 cm³/mol. The topological polar surface area (TPSA) is 77.1 Å². The van der Waals surface area contributed by atoms with Gasteiger partial charge in [-0.15, -0.1) is 0 Å². The van der Waals surface area contributed by atoms with Gasteiger partial charge in [-0.1, -0.05) is 5.16 Å². The maximum absolute atomic E-state index is 8.62. The van der Waals surface area contributed by atoms with Crippen molar-refractivity contribution in [3.05, 3.63) is 28.2 Å². The van der Waals surface area contributed by atoms with Crippen molar-refractivity contribution in [2.45, 2.75) is 18.9 Å². The van der Waals surface area contributed by atoms with E-state index >= 15 is 0 Å². The number of amidine groups is 1. The molecule has 2 rings (SSSR count). The molecule has 0 aliphatic carbocycles. The number of benzene rings is 1.